The van der Waals surface area contributed by atoms with E-state index in [1.54, 1.807) is 0 Å². The maximum atomic E-state index is 3.56. The van der Waals surface area contributed by atoms with Gasteiger partial charge in [0.1, 0.15) is 0 Å². The van der Waals surface area contributed by atoms with Crippen LogP contribution in [0.4, 0.5) is 5.69 Å². The number of hydrogen-bond donors (Lipinski definition) is 1. The second-order valence-electron chi connectivity index (χ2n) is 5.13. The molecule has 18 heavy (non-hydrogen) atoms. The second kappa shape index (κ2) is 6.04. The molecule has 1 N–H and O–H groups in total. The maximum Gasteiger partial charge on any atom is 0.0393 e. The normalized spacial score (nSPS) is 25.4. The van der Waals surface area contributed by atoms with Crippen LogP contribution in [0.1, 0.15) is 6.92 Å². The van der Waals surface area contributed by atoms with Crippen molar-refractivity contribution in [3.8, 4) is 0 Å². The SMILES string of the molecule is CNCC1CN(c2cccc(Br)c2)C(C)CN1C. The summed E-state index contributed by atoms with van der Waals surface area (Å²) in [5, 5.41) is 3.29. The molecule has 2 atom stereocenters. The third-order valence-corrected chi connectivity index (χ3v) is 4.19. The summed E-state index contributed by atoms with van der Waals surface area (Å²) in [5.74, 6) is 0. The molecule has 0 radical (unpaired) electrons. The lowest BCUT2D eigenvalue weighted by Crippen LogP contribution is -2.58. The van der Waals surface area contributed by atoms with Gasteiger partial charge in [-0.15, -0.1) is 0 Å². The number of anilines is 1. The highest BCUT2D eigenvalue weighted by molar-refractivity contribution is 9.10. The Balaban J connectivity index is 2.16. The molecule has 1 aliphatic rings. The van der Waals surface area contributed by atoms with Gasteiger partial charge in [-0.1, -0.05) is 22.0 Å². The second-order valence-corrected chi connectivity index (χ2v) is 6.05. The van der Waals surface area contributed by atoms with Crippen molar-refractivity contribution >= 4 is 21.6 Å². The summed E-state index contributed by atoms with van der Waals surface area (Å²) in [6.45, 7) is 5.52. The molecule has 1 aromatic rings. The van der Waals surface area contributed by atoms with Crippen molar-refractivity contribution in [2.45, 2.75) is 19.0 Å². The van der Waals surface area contributed by atoms with Gasteiger partial charge in [0.15, 0.2) is 0 Å². The molecule has 4 heteroatoms. The number of halogens is 1. The van der Waals surface area contributed by atoms with Gasteiger partial charge in [0, 0.05) is 41.9 Å². The van der Waals surface area contributed by atoms with Crippen LogP contribution in [-0.2, 0) is 0 Å². The monoisotopic (exact) mass is 311 g/mol. The summed E-state index contributed by atoms with van der Waals surface area (Å²) in [7, 11) is 4.24. The number of hydrogen-bond acceptors (Lipinski definition) is 3. The Hall–Kier alpha value is -0.580. The number of likely N-dealkylation sites (N-methyl/N-ethyl adjacent to an activating group) is 2. The fourth-order valence-corrected chi connectivity index (χ4v) is 3.07. The molecule has 0 amide bonds. The molecule has 0 aromatic heterocycles. The van der Waals surface area contributed by atoms with Crippen molar-refractivity contribution in [3.05, 3.63) is 28.7 Å². The molecular weight excluding hydrogens is 290 g/mol. The van der Waals surface area contributed by atoms with Crippen LogP contribution < -0.4 is 10.2 Å². The maximum absolute atomic E-state index is 3.56. The van der Waals surface area contributed by atoms with Gasteiger partial charge < -0.3 is 10.2 Å². The summed E-state index contributed by atoms with van der Waals surface area (Å²) in [6.07, 6.45) is 0. The van der Waals surface area contributed by atoms with Crippen LogP contribution in [0.3, 0.4) is 0 Å². The molecule has 1 heterocycles. The lowest BCUT2D eigenvalue weighted by Gasteiger charge is -2.45. The van der Waals surface area contributed by atoms with E-state index < -0.39 is 0 Å². The van der Waals surface area contributed by atoms with Gasteiger partial charge in [0.2, 0.25) is 0 Å². The van der Waals surface area contributed by atoms with Crippen LogP contribution in [0.2, 0.25) is 0 Å². The molecule has 1 saturated heterocycles. The van der Waals surface area contributed by atoms with E-state index in [1.807, 2.05) is 7.05 Å². The average molecular weight is 312 g/mol. The van der Waals surface area contributed by atoms with Crippen LogP contribution in [0, 0.1) is 0 Å². The molecule has 1 aromatic carbocycles. The third-order valence-electron chi connectivity index (χ3n) is 3.69. The van der Waals surface area contributed by atoms with Crippen LogP contribution in [0.25, 0.3) is 0 Å². The Kier molecular flexibility index (Phi) is 4.65. The highest BCUT2D eigenvalue weighted by atomic mass is 79.9. The number of nitrogens with zero attached hydrogens (tertiary/aromatic N) is 2. The Labute approximate surface area is 118 Å². The minimum Gasteiger partial charge on any atom is -0.366 e. The topological polar surface area (TPSA) is 18.5 Å². The van der Waals surface area contributed by atoms with Gasteiger partial charge >= 0.3 is 0 Å². The summed E-state index contributed by atoms with van der Waals surface area (Å²) in [4.78, 5) is 4.96. The zero-order valence-electron chi connectivity index (χ0n) is 11.4. The van der Waals surface area contributed by atoms with Gasteiger partial charge in [-0.2, -0.15) is 0 Å². The van der Waals surface area contributed by atoms with Crippen molar-refractivity contribution in [1.82, 2.24) is 10.2 Å². The molecule has 0 aliphatic carbocycles. The molecule has 3 nitrogen and oxygen atoms in total. The first-order chi connectivity index (χ1) is 8.61. The van der Waals surface area contributed by atoms with Crippen molar-refractivity contribution in [1.29, 1.82) is 0 Å². The van der Waals surface area contributed by atoms with E-state index in [0.717, 1.165) is 24.1 Å². The summed E-state index contributed by atoms with van der Waals surface area (Å²) < 4.78 is 1.15. The average Bonchev–Trinajstić information content (AvgIpc) is 2.33. The van der Waals surface area contributed by atoms with Gasteiger partial charge in [-0.05, 0) is 39.2 Å². The van der Waals surface area contributed by atoms with Crippen LogP contribution in [0.5, 0.6) is 0 Å². The Morgan fingerprint density at radius 3 is 2.83 bits per heavy atom. The Morgan fingerprint density at radius 2 is 2.17 bits per heavy atom. The van der Waals surface area contributed by atoms with Crippen LogP contribution in [-0.4, -0.2) is 50.7 Å². The standard InChI is InChI=1S/C14H22BrN3/c1-11-9-17(3)14(8-16-2)10-18(11)13-6-4-5-12(15)7-13/h4-7,11,14,16H,8-10H2,1-3H3. The first-order valence-corrected chi connectivity index (χ1v) is 7.28. The van der Waals surface area contributed by atoms with E-state index in [1.165, 1.54) is 5.69 Å². The van der Waals surface area contributed by atoms with Crippen molar-refractivity contribution in [2.24, 2.45) is 0 Å². The summed E-state index contributed by atoms with van der Waals surface area (Å²) >= 11 is 3.56. The van der Waals surface area contributed by atoms with E-state index in [9.17, 15) is 0 Å². The highest BCUT2D eigenvalue weighted by Gasteiger charge is 2.28. The zero-order valence-corrected chi connectivity index (χ0v) is 12.9. The van der Waals surface area contributed by atoms with Crippen LogP contribution >= 0.6 is 15.9 Å². The number of piperazine rings is 1. The molecule has 0 bridgehead atoms. The zero-order chi connectivity index (χ0) is 13.1. The third kappa shape index (κ3) is 3.05. The van der Waals surface area contributed by atoms with Gasteiger partial charge in [0.25, 0.3) is 0 Å². The summed E-state index contributed by atoms with van der Waals surface area (Å²) in [5.41, 5.74) is 1.31. The highest BCUT2D eigenvalue weighted by Crippen LogP contribution is 2.25. The molecule has 0 saturated carbocycles. The van der Waals surface area contributed by atoms with E-state index in [4.69, 9.17) is 0 Å². The first-order valence-electron chi connectivity index (χ1n) is 6.49. The Bertz CT molecular complexity index is 396. The predicted molar refractivity (Wildman–Crippen MR) is 81.3 cm³/mol. The minimum absolute atomic E-state index is 0.553. The predicted octanol–water partition coefficient (Wildman–Crippen LogP) is 2.18. The number of benzene rings is 1. The van der Waals surface area contributed by atoms with Crippen molar-refractivity contribution in [2.75, 3.05) is 38.6 Å². The first kappa shape index (κ1) is 13.8. The lowest BCUT2D eigenvalue weighted by molar-refractivity contribution is 0.190. The Morgan fingerprint density at radius 1 is 1.39 bits per heavy atom. The van der Waals surface area contributed by atoms with Gasteiger partial charge in [0.05, 0.1) is 0 Å². The van der Waals surface area contributed by atoms with Gasteiger partial charge in [-0.25, -0.2) is 0 Å². The lowest BCUT2D eigenvalue weighted by atomic mass is 10.1. The van der Waals surface area contributed by atoms with Crippen molar-refractivity contribution < 1.29 is 0 Å². The molecular formula is C14H22BrN3. The smallest absolute Gasteiger partial charge is 0.0393 e. The van der Waals surface area contributed by atoms with E-state index in [-0.39, 0.29) is 0 Å². The van der Waals surface area contributed by atoms with Gasteiger partial charge in [-0.3, -0.25) is 4.90 Å². The van der Waals surface area contributed by atoms with E-state index in [0.29, 0.717) is 12.1 Å². The molecule has 1 aliphatic heterocycles. The molecule has 1 fully saturated rings. The minimum atomic E-state index is 0.553. The van der Waals surface area contributed by atoms with Crippen LogP contribution in [0.15, 0.2) is 28.7 Å². The fourth-order valence-electron chi connectivity index (χ4n) is 2.68. The fraction of sp³-hybridized carbons (Fsp3) is 0.571. The van der Waals surface area contributed by atoms with E-state index in [2.05, 4.69) is 69.3 Å². The molecule has 2 rings (SSSR count). The number of nitrogens with one attached hydrogen (secondary N) is 1. The molecule has 2 unspecified atom stereocenters. The molecule has 100 valence electrons. The summed E-state index contributed by atoms with van der Waals surface area (Å²) in [6, 6.07) is 9.72. The van der Waals surface area contributed by atoms with Crippen molar-refractivity contribution in [3.63, 3.8) is 0 Å². The largest absolute Gasteiger partial charge is 0.366 e. The molecule has 0 spiro atoms. The van der Waals surface area contributed by atoms with E-state index >= 15 is 0 Å². The quantitative estimate of drug-likeness (QED) is 0.923. The number of rotatable bonds is 3.